The van der Waals surface area contributed by atoms with Gasteiger partial charge >= 0.3 is 0 Å². The minimum absolute atomic E-state index is 0.0247. The molecule has 2 aliphatic heterocycles. The molecule has 124 valence electrons. The van der Waals surface area contributed by atoms with Crippen molar-refractivity contribution in [3.05, 3.63) is 30.1 Å². The maximum Gasteiger partial charge on any atom is 0.248 e. The molecule has 2 saturated heterocycles. The minimum atomic E-state index is -0.0667. The highest BCUT2D eigenvalue weighted by molar-refractivity contribution is 5.82. The number of rotatable bonds is 4. The Hall–Kier alpha value is -1.95. The van der Waals surface area contributed by atoms with Crippen LogP contribution in [-0.2, 0) is 14.3 Å². The third-order valence-corrected chi connectivity index (χ3v) is 4.76. The van der Waals surface area contributed by atoms with Gasteiger partial charge in [-0.2, -0.15) is 0 Å². The summed E-state index contributed by atoms with van der Waals surface area (Å²) in [6.07, 6.45) is 5.33. The standard InChI is InChI=1S/C17H23N3O3/c1-23-12-16(21)19-8-2-3-14(9-19)17(22)20-10-15(11-20)13-4-6-18-7-5-13/h4-7,14-15H,2-3,8-12H2,1H3/t14-/m1/s1. The quantitative estimate of drug-likeness (QED) is 0.827. The molecule has 2 fully saturated rings. The van der Waals surface area contributed by atoms with Gasteiger partial charge in [-0.15, -0.1) is 0 Å². The summed E-state index contributed by atoms with van der Waals surface area (Å²) in [5.41, 5.74) is 1.24. The molecule has 3 rings (SSSR count). The lowest BCUT2D eigenvalue weighted by molar-refractivity contribution is -0.145. The first-order valence-electron chi connectivity index (χ1n) is 8.14. The van der Waals surface area contributed by atoms with E-state index >= 15 is 0 Å². The molecule has 1 atom stereocenters. The third kappa shape index (κ3) is 3.52. The number of carbonyl (C=O) groups excluding carboxylic acids is 2. The first-order valence-corrected chi connectivity index (χ1v) is 8.14. The Morgan fingerprint density at radius 3 is 2.65 bits per heavy atom. The average Bonchev–Trinajstić information content (AvgIpc) is 2.55. The van der Waals surface area contributed by atoms with E-state index in [1.54, 1.807) is 17.3 Å². The number of piperidine rings is 1. The van der Waals surface area contributed by atoms with Gasteiger partial charge in [0.1, 0.15) is 6.61 Å². The van der Waals surface area contributed by atoms with E-state index in [9.17, 15) is 9.59 Å². The highest BCUT2D eigenvalue weighted by atomic mass is 16.5. The van der Waals surface area contributed by atoms with Crippen LogP contribution >= 0.6 is 0 Å². The van der Waals surface area contributed by atoms with Crippen LogP contribution in [0.5, 0.6) is 0 Å². The molecular formula is C17H23N3O3. The molecule has 0 spiro atoms. The van der Waals surface area contributed by atoms with Gasteiger partial charge in [0.05, 0.1) is 5.92 Å². The van der Waals surface area contributed by atoms with Gasteiger partial charge in [0, 0.05) is 51.6 Å². The molecule has 0 N–H and O–H groups in total. The zero-order valence-corrected chi connectivity index (χ0v) is 13.5. The average molecular weight is 317 g/mol. The third-order valence-electron chi connectivity index (χ3n) is 4.76. The van der Waals surface area contributed by atoms with Crippen LogP contribution in [0, 0.1) is 5.92 Å². The molecule has 0 radical (unpaired) electrons. The van der Waals surface area contributed by atoms with Crippen LogP contribution in [0.25, 0.3) is 0 Å². The Kier molecular flexibility index (Phi) is 4.91. The molecule has 0 saturated carbocycles. The van der Waals surface area contributed by atoms with Gasteiger partial charge in [-0.1, -0.05) is 0 Å². The van der Waals surface area contributed by atoms with Gasteiger partial charge in [-0.05, 0) is 30.5 Å². The number of methoxy groups -OCH3 is 1. The molecular weight excluding hydrogens is 294 g/mol. The number of likely N-dealkylation sites (tertiary alicyclic amines) is 2. The van der Waals surface area contributed by atoms with E-state index in [1.165, 1.54) is 12.7 Å². The Balaban J connectivity index is 1.52. The Bertz CT molecular complexity index is 557. The van der Waals surface area contributed by atoms with Gasteiger partial charge in [-0.25, -0.2) is 0 Å². The van der Waals surface area contributed by atoms with Crippen LogP contribution < -0.4 is 0 Å². The lowest BCUT2D eigenvalue weighted by Gasteiger charge is -2.43. The first kappa shape index (κ1) is 15.9. The summed E-state index contributed by atoms with van der Waals surface area (Å²) in [4.78, 5) is 32.3. The lowest BCUT2D eigenvalue weighted by atomic mass is 9.89. The SMILES string of the molecule is COCC(=O)N1CCC[C@@H](C(=O)N2CC(c3ccncc3)C2)C1. The normalized spacial score (nSPS) is 21.9. The van der Waals surface area contributed by atoms with Gasteiger partial charge in [0.25, 0.3) is 0 Å². The second-order valence-corrected chi connectivity index (χ2v) is 6.33. The molecule has 0 unspecified atom stereocenters. The summed E-state index contributed by atoms with van der Waals surface area (Å²) < 4.78 is 4.90. The van der Waals surface area contributed by atoms with Crippen LogP contribution in [0.1, 0.15) is 24.3 Å². The molecule has 1 aromatic heterocycles. The predicted octanol–water partition coefficient (Wildman–Crippen LogP) is 0.892. The van der Waals surface area contributed by atoms with E-state index < -0.39 is 0 Å². The van der Waals surface area contributed by atoms with Crippen LogP contribution in [-0.4, -0.2) is 66.5 Å². The monoisotopic (exact) mass is 317 g/mol. The summed E-state index contributed by atoms with van der Waals surface area (Å²) in [5.74, 6) is 0.508. The minimum Gasteiger partial charge on any atom is -0.375 e. The first-order chi connectivity index (χ1) is 11.2. The number of hydrogen-bond donors (Lipinski definition) is 0. The van der Waals surface area contributed by atoms with Crippen molar-refractivity contribution < 1.29 is 14.3 Å². The Morgan fingerprint density at radius 1 is 1.22 bits per heavy atom. The van der Waals surface area contributed by atoms with Crippen molar-refractivity contribution in [3.8, 4) is 0 Å². The molecule has 2 aliphatic rings. The van der Waals surface area contributed by atoms with Crippen molar-refractivity contribution in [2.45, 2.75) is 18.8 Å². The second-order valence-electron chi connectivity index (χ2n) is 6.33. The molecule has 6 nitrogen and oxygen atoms in total. The fourth-order valence-corrected chi connectivity index (χ4v) is 3.38. The molecule has 0 bridgehead atoms. The van der Waals surface area contributed by atoms with E-state index in [0.717, 1.165) is 32.5 Å². The highest BCUT2D eigenvalue weighted by Gasteiger charge is 2.37. The molecule has 0 aromatic carbocycles. The van der Waals surface area contributed by atoms with E-state index in [0.29, 0.717) is 12.5 Å². The molecule has 6 heteroatoms. The Labute approximate surface area is 136 Å². The molecule has 1 aromatic rings. The number of aromatic nitrogens is 1. The summed E-state index contributed by atoms with van der Waals surface area (Å²) in [6.45, 7) is 2.88. The van der Waals surface area contributed by atoms with Crippen molar-refractivity contribution >= 4 is 11.8 Å². The van der Waals surface area contributed by atoms with Gasteiger partial charge in [0.15, 0.2) is 0 Å². The van der Waals surface area contributed by atoms with Crippen LogP contribution in [0.4, 0.5) is 0 Å². The summed E-state index contributed by atoms with van der Waals surface area (Å²) in [6, 6.07) is 4.02. The maximum atomic E-state index is 12.6. The second kappa shape index (κ2) is 7.08. The van der Waals surface area contributed by atoms with Crippen molar-refractivity contribution in [2.75, 3.05) is 39.9 Å². The number of nitrogens with zero attached hydrogens (tertiary/aromatic N) is 3. The smallest absolute Gasteiger partial charge is 0.248 e. The Morgan fingerprint density at radius 2 is 1.96 bits per heavy atom. The number of ether oxygens (including phenoxy) is 1. The van der Waals surface area contributed by atoms with Crippen molar-refractivity contribution in [3.63, 3.8) is 0 Å². The number of carbonyl (C=O) groups is 2. The maximum absolute atomic E-state index is 12.6. The topological polar surface area (TPSA) is 62.7 Å². The summed E-state index contributed by atoms with van der Waals surface area (Å²) >= 11 is 0. The molecule has 3 heterocycles. The molecule has 0 aliphatic carbocycles. The van der Waals surface area contributed by atoms with E-state index in [1.807, 2.05) is 17.0 Å². The van der Waals surface area contributed by atoms with Crippen LogP contribution in [0.2, 0.25) is 0 Å². The predicted molar refractivity (Wildman–Crippen MR) is 84.7 cm³/mol. The fourth-order valence-electron chi connectivity index (χ4n) is 3.38. The van der Waals surface area contributed by atoms with Crippen LogP contribution in [0.3, 0.4) is 0 Å². The zero-order valence-electron chi connectivity index (χ0n) is 13.5. The van der Waals surface area contributed by atoms with Crippen molar-refractivity contribution in [2.24, 2.45) is 5.92 Å². The number of pyridine rings is 1. The van der Waals surface area contributed by atoms with Crippen molar-refractivity contribution in [1.82, 2.24) is 14.8 Å². The number of hydrogen-bond acceptors (Lipinski definition) is 4. The summed E-state index contributed by atoms with van der Waals surface area (Å²) in [5, 5.41) is 0. The van der Waals surface area contributed by atoms with E-state index in [4.69, 9.17) is 4.74 Å². The highest BCUT2D eigenvalue weighted by Crippen LogP contribution is 2.29. The largest absolute Gasteiger partial charge is 0.375 e. The van der Waals surface area contributed by atoms with Crippen molar-refractivity contribution in [1.29, 1.82) is 0 Å². The van der Waals surface area contributed by atoms with E-state index in [2.05, 4.69) is 4.98 Å². The van der Waals surface area contributed by atoms with Gasteiger partial charge < -0.3 is 14.5 Å². The fraction of sp³-hybridized carbons (Fsp3) is 0.588. The molecule has 23 heavy (non-hydrogen) atoms. The van der Waals surface area contributed by atoms with E-state index in [-0.39, 0.29) is 24.3 Å². The van der Waals surface area contributed by atoms with Crippen LogP contribution in [0.15, 0.2) is 24.5 Å². The van der Waals surface area contributed by atoms with Gasteiger partial charge in [0.2, 0.25) is 11.8 Å². The van der Waals surface area contributed by atoms with Gasteiger partial charge in [-0.3, -0.25) is 14.6 Å². The summed E-state index contributed by atoms with van der Waals surface area (Å²) in [7, 11) is 1.52. The lowest BCUT2D eigenvalue weighted by Crippen LogP contribution is -2.54. The zero-order chi connectivity index (χ0) is 16.2. The number of amides is 2. The molecule has 2 amide bonds.